The second kappa shape index (κ2) is 12.0. The van der Waals surface area contributed by atoms with Gasteiger partial charge in [-0.15, -0.1) is 0 Å². The molecule has 0 fully saturated rings. The standard InChI is InChI=1S/C47H32N4/c1-3-14-31(15-4-1)36-28-29-42(39-23-10-9-22-38(36)39)47-49-45(33-17-5-2-6-18-33)48-46(50-47)34-19-13-20-35(30-34)51-43-25-12-11-24-40(43)41-27-26-32-16-7-8-21-37(32)44(41)51/h1-30,45H,(H,48,49,50). The van der Waals surface area contributed by atoms with Crippen molar-refractivity contribution in [1.29, 1.82) is 0 Å². The summed E-state index contributed by atoms with van der Waals surface area (Å²) in [5.74, 6) is 1.50. The molecule has 1 aromatic heterocycles. The van der Waals surface area contributed by atoms with Crippen molar-refractivity contribution < 1.29 is 0 Å². The third-order valence-corrected chi connectivity index (χ3v) is 10.0. The van der Waals surface area contributed by atoms with Crippen LogP contribution in [0.5, 0.6) is 0 Å². The summed E-state index contributed by atoms with van der Waals surface area (Å²) in [4.78, 5) is 10.5. The van der Waals surface area contributed by atoms with Gasteiger partial charge in [-0.3, -0.25) is 0 Å². The molecule has 2 heterocycles. The molecule has 1 N–H and O–H groups in total. The van der Waals surface area contributed by atoms with Gasteiger partial charge in [-0.05, 0) is 57.1 Å². The third-order valence-electron chi connectivity index (χ3n) is 10.0. The molecule has 1 aliphatic heterocycles. The summed E-state index contributed by atoms with van der Waals surface area (Å²) in [6.07, 6.45) is -0.304. The van der Waals surface area contributed by atoms with Crippen LogP contribution >= 0.6 is 0 Å². The quantitative estimate of drug-likeness (QED) is 0.197. The highest BCUT2D eigenvalue weighted by Crippen LogP contribution is 2.37. The number of fused-ring (bicyclic) bond motifs is 6. The van der Waals surface area contributed by atoms with E-state index in [1.165, 1.54) is 49.1 Å². The van der Waals surface area contributed by atoms with Crippen molar-refractivity contribution in [3.63, 3.8) is 0 Å². The molecule has 240 valence electrons. The average molecular weight is 653 g/mol. The number of aromatic nitrogens is 1. The van der Waals surface area contributed by atoms with E-state index >= 15 is 0 Å². The van der Waals surface area contributed by atoms with Gasteiger partial charge in [-0.2, -0.15) is 0 Å². The number of nitrogens with zero attached hydrogens (tertiary/aromatic N) is 3. The van der Waals surface area contributed by atoms with Gasteiger partial charge in [-0.1, -0.05) is 158 Å². The first kappa shape index (κ1) is 29.2. The Balaban J connectivity index is 1.16. The first-order chi connectivity index (χ1) is 25.3. The van der Waals surface area contributed by atoms with Gasteiger partial charge < -0.3 is 9.88 Å². The minimum absolute atomic E-state index is 0.304. The fraction of sp³-hybridized carbons (Fsp3) is 0.0213. The molecule has 10 rings (SSSR count). The maximum atomic E-state index is 5.29. The summed E-state index contributed by atoms with van der Waals surface area (Å²) in [6, 6.07) is 64.5. The number of benzene rings is 8. The van der Waals surface area contributed by atoms with Gasteiger partial charge in [0.25, 0.3) is 0 Å². The van der Waals surface area contributed by atoms with Crippen molar-refractivity contribution in [2.45, 2.75) is 6.17 Å². The zero-order chi connectivity index (χ0) is 33.7. The van der Waals surface area contributed by atoms with E-state index in [4.69, 9.17) is 9.98 Å². The maximum Gasteiger partial charge on any atom is 0.160 e. The lowest BCUT2D eigenvalue weighted by Gasteiger charge is -2.24. The zero-order valence-corrected chi connectivity index (χ0v) is 27.7. The minimum atomic E-state index is -0.304. The molecule has 1 atom stereocenters. The van der Waals surface area contributed by atoms with Crippen molar-refractivity contribution in [2.75, 3.05) is 0 Å². The van der Waals surface area contributed by atoms with E-state index in [1.54, 1.807) is 0 Å². The van der Waals surface area contributed by atoms with Crippen LogP contribution in [0.4, 0.5) is 0 Å². The first-order valence-corrected chi connectivity index (χ1v) is 17.4. The normalized spacial score (nSPS) is 14.5. The van der Waals surface area contributed by atoms with Crippen molar-refractivity contribution in [1.82, 2.24) is 9.88 Å². The SMILES string of the molecule is c1ccc(-c2ccc(C3=NC(c4ccccc4)NC(c4cccc(-n5c6ccccc6c6ccc7ccccc7c65)c4)=N3)c3ccccc23)cc1. The van der Waals surface area contributed by atoms with Crippen LogP contribution in [-0.4, -0.2) is 16.2 Å². The average Bonchev–Trinajstić information content (AvgIpc) is 3.56. The van der Waals surface area contributed by atoms with Crippen LogP contribution in [0.15, 0.2) is 192 Å². The number of aliphatic imine (C=N–C) groups is 2. The summed E-state index contributed by atoms with van der Waals surface area (Å²) in [5.41, 5.74) is 8.93. The summed E-state index contributed by atoms with van der Waals surface area (Å²) >= 11 is 0. The fourth-order valence-corrected chi connectivity index (χ4v) is 7.68. The molecule has 0 spiro atoms. The molecule has 8 aromatic carbocycles. The van der Waals surface area contributed by atoms with Gasteiger partial charge in [0.1, 0.15) is 12.0 Å². The van der Waals surface area contributed by atoms with E-state index in [0.29, 0.717) is 5.84 Å². The van der Waals surface area contributed by atoms with E-state index in [1.807, 2.05) is 6.07 Å². The molecule has 1 unspecified atom stereocenters. The Morgan fingerprint density at radius 3 is 1.94 bits per heavy atom. The zero-order valence-electron chi connectivity index (χ0n) is 27.7. The molecule has 0 saturated heterocycles. The molecule has 9 aromatic rings. The first-order valence-electron chi connectivity index (χ1n) is 17.4. The molecular weight excluding hydrogens is 621 g/mol. The Morgan fingerprint density at radius 2 is 1.12 bits per heavy atom. The van der Waals surface area contributed by atoms with E-state index in [-0.39, 0.29) is 6.17 Å². The van der Waals surface area contributed by atoms with Gasteiger partial charge in [0.05, 0.1) is 11.0 Å². The Labute approximate surface area is 295 Å². The van der Waals surface area contributed by atoms with Crippen LogP contribution in [-0.2, 0) is 0 Å². The molecule has 0 saturated carbocycles. The number of para-hydroxylation sites is 1. The maximum absolute atomic E-state index is 5.29. The number of hydrogen-bond donors (Lipinski definition) is 1. The molecule has 0 bridgehead atoms. The molecule has 0 radical (unpaired) electrons. The van der Waals surface area contributed by atoms with Crippen LogP contribution in [0, 0.1) is 0 Å². The van der Waals surface area contributed by atoms with Crippen LogP contribution in [0.2, 0.25) is 0 Å². The molecule has 1 aliphatic rings. The highest BCUT2D eigenvalue weighted by molar-refractivity contribution is 6.20. The predicted octanol–water partition coefficient (Wildman–Crippen LogP) is 11.3. The lowest BCUT2D eigenvalue weighted by Crippen LogP contribution is -2.33. The highest BCUT2D eigenvalue weighted by Gasteiger charge is 2.23. The summed E-state index contributed by atoms with van der Waals surface area (Å²) < 4.78 is 2.40. The highest BCUT2D eigenvalue weighted by atomic mass is 15.2. The van der Waals surface area contributed by atoms with Crippen molar-refractivity contribution >= 4 is 55.0 Å². The predicted molar refractivity (Wildman–Crippen MR) is 213 cm³/mol. The minimum Gasteiger partial charge on any atom is -0.344 e. The van der Waals surface area contributed by atoms with Crippen LogP contribution < -0.4 is 5.32 Å². The van der Waals surface area contributed by atoms with Crippen LogP contribution in [0.1, 0.15) is 22.9 Å². The van der Waals surface area contributed by atoms with Gasteiger partial charge in [0.15, 0.2) is 5.84 Å². The van der Waals surface area contributed by atoms with Crippen molar-refractivity contribution in [2.24, 2.45) is 9.98 Å². The summed E-state index contributed by atoms with van der Waals surface area (Å²) in [6.45, 7) is 0. The Morgan fingerprint density at radius 1 is 0.471 bits per heavy atom. The Hall–Kier alpha value is -6.78. The Bertz CT molecular complexity index is 2830. The van der Waals surface area contributed by atoms with E-state index < -0.39 is 0 Å². The lowest BCUT2D eigenvalue weighted by molar-refractivity contribution is 0.674. The topological polar surface area (TPSA) is 41.7 Å². The number of nitrogens with one attached hydrogen (secondary N) is 1. The monoisotopic (exact) mass is 652 g/mol. The second-order valence-corrected chi connectivity index (χ2v) is 13.0. The van der Waals surface area contributed by atoms with Crippen molar-refractivity contribution in [3.05, 3.63) is 199 Å². The van der Waals surface area contributed by atoms with Crippen LogP contribution in [0.25, 0.3) is 60.2 Å². The van der Waals surface area contributed by atoms with Crippen molar-refractivity contribution in [3.8, 4) is 16.8 Å². The van der Waals surface area contributed by atoms with Crippen LogP contribution in [0.3, 0.4) is 0 Å². The molecule has 4 heteroatoms. The molecule has 0 amide bonds. The number of rotatable bonds is 5. The van der Waals surface area contributed by atoms with Gasteiger partial charge in [0.2, 0.25) is 0 Å². The molecule has 0 aliphatic carbocycles. The van der Waals surface area contributed by atoms with E-state index in [2.05, 4.69) is 186 Å². The Kier molecular flexibility index (Phi) is 6.85. The van der Waals surface area contributed by atoms with Gasteiger partial charge >= 0.3 is 0 Å². The van der Waals surface area contributed by atoms with E-state index in [0.717, 1.165) is 33.6 Å². The molecule has 51 heavy (non-hydrogen) atoms. The van der Waals surface area contributed by atoms with E-state index in [9.17, 15) is 0 Å². The van der Waals surface area contributed by atoms with Gasteiger partial charge in [-0.25, -0.2) is 9.98 Å². The number of amidine groups is 2. The summed E-state index contributed by atoms with van der Waals surface area (Å²) in [7, 11) is 0. The lowest BCUT2D eigenvalue weighted by atomic mass is 9.94. The summed E-state index contributed by atoms with van der Waals surface area (Å²) in [5, 5.41) is 10.9. The van der Waals surface area contributed by atoms with Gasteiger partial charge in [0, 0.05) is 33.0 Å². The molecular formula is C47H32N4. The second-order valence-electron chi connectivity index (χ2n) is 13.0. The molecule has 4 nitrogen and oxygen atoms in total. The largest absolute Gasteiger partial charge is 0.344 e. The smallest absolute Gasteiger partial charge is 0.160 e. The fourth-order valence-electron chi connectivity index (χ4n) is 7.68. The number of hydrogen-bond acceptors (Lipinski definition) is 3. The third kappa shape index (κ3) is 4.92.